The molecule has 6 nitrogen and oxygen atoms in total. The minimum Gasteiger partial charge on any atom is -0.496 e. The molecule has 0 spiro atoms. The van der Waals surface area contributed by atoms with Crippen LogP contribution < -0.4 is 15.6 Å². The Hall–Kier alpha value is -3.32. The van der Waals surface area contributed by atoms with Gasteiger partial charge in [0.2, 0.25) is 0 Å². The quantitative estimate of drug-likeness (QED) is 0.472. The van der Waals surface area contributed by atoms with E-state index in [2.05, 4.69) is 10.3 Å². The van der Waals surface area contributed by atoms with Gasteiger partial charge in [0.05, 0.1) is 7.11 Å². The molecule has 0 radical (unpaired) electrons. The number of hydrogen-bond donors (Lipinski definition) is 3. The first-order valence-electron chi connectivity index (χ1n) is 8.75. The van der Waals surface area contributed by atoms with Crippen LogP contribution in [0.4, 0.5) is 4.79 Å². The van der Waals surface area contributed by atoms with Gasteiger partial charge in [-0.2, -0.15) is 0 Å². The highest BCUT2D eigenvalue weighted by Gasteiger charge is 2.16. The van der Waals surface area contributed by atoms with Crippen molar-refractivity contribution in [3.05, 3.63) is 63.8 Å². The molecule has 2 heterocycles. The molecule has 4 rings (SSSR count). The number of aromatic amines is 1. The van der Waals surface area contributed by atoms with Gasteiger partial charge in [0.25, 0.3) is 5.56 Å². The van der Waals surface area contributed by atoms with Gasteiger partial charge in [-0.1, -0.05) is 24.3 Å². The van der Waals surface area contributed by atoms with E-state index in [0.29, 0.717) is 17.7 Å². The Morgan fingerprint density at radius 1 is 1.18 bits per heavy atom. The highest BCUT2D eigenvalue weighted by molar-refractivity contribution is 7.17. The second kappa shape index (κ2) is 7.36. The van der Waals surface area contributed by atoms with Crippen LogP contribution in [0, 0.1) is 0 Å². The normalized spacial score (nSPS) is 11.0. The zero-order valence-corrected chi connectivity index (χ0v) is 15.9. The van der Waals surface area contributed by atoms with Gasteiger partial charge in [-0.15, -0.1) is 11.3 Å². The molecule has 7 heteroatoms. The third kappa shape index (κ3) is 3.20. The van der Waals surface area contributed by atoms with Gasteiger partial charge in [-0.3, -0.25) is 4.79 Å². The lowest BCUT2D eigenvalue weighted by atomic mass is 9.96. The molecule has 3 N–H and O–H groups in total. The van der Waals surface area contributed by atoms with E-state index in [1.165, 1.54) is 11.3 Å². The van der Waals surface area contributed by atoms with E-state index in [1.807, 2.05) is 47.8 Å². The van der Waals surface area contributed by atoms with Crippen molar-refractivity contribution in [2.24, 2.45) is 0 Å². The molecular formula is C21H18N2O4S. The lowest BCUT2D eigenvalue weighted by molar-refractivity contribution is 0.194. The van der Waals surface area contributed by atoms with E-state index < -0.39 is 6.09 Å². The molecule has 0 saturated carbocycles. The maximum atomic E-state index is 12.3. The van der Waals surface area contributed by atoms with Gasteiger partial charge in [-0.25, -0.2) is 4.79 Å². The van der Waals surface area contributed by atoms with Crippen LogP contribution in [0.15, 0.2) is 52.6 Å². The fourth-order valence-electron chi connectivity index (χ4n) is 3.44. The maximum Gasteiger partial charge on any atom is 0.404 e. The summed E-state index contributed by atoms with van der Waals surface area (Å²) in [6, 6.07) is 13.6. The van der Waals surface area contributed by atoms with Crippen LogP contribution in [0.1, 0.15) is 5.56 Å². The molecule has 0 aliphatic carbocycles. The van der Waals surface area contributed by atoms with Crippen LogP contribution in [0.2, 0.25) is 0 Å². The first-order chi connectivity index (χ1) is 13.6. The summed E-state index contributed by atoms with van der Waals surface area (Å²) in [5.41, 5.74) is 3.61. The molecule has 2 aromatic carbocycles. The highest BCUT2D eigenvalue weighted by atomic mass is 32.1. The van der Waals surface area contributed by atoms with E-state index in [9.17, 15) is 9.59 Å². The van der Waals surface area contributed by atoms with Crippen molar-refractivity contribution in [1.82, 2.24) is 10.3 Å². The Balaban J connectivity index is 1.84. The molecule has 142 valence electrons. The number of nitrogens with one attached hydrogen (secondary N) is 2. The SMILES string of the molecule is COc1ccc2[nH]c(=O)c3sccc3c2c1-c1ccc(CCNC(=O)O)cc1. The highest BCUT2D eigenvalue weighted by Crippen LogP contribution is 2.40. The van der Waals surface area contributed by atoms with Crippen molar-refractivity contribution < 1.29 is 14.6 Å². The van der Waals surface area contributed by atoms with Crippen molar-refractivity contribution in [2.45, 2.75) is 6.42 Å². The second-order valence-electron chi connectivity index (χ2n) is 6.36. The molecule has 0 fully saturated rings. The summed E-state index contributed by atoms with van der Waals surface area (Å²) < 4.78 is 6.31. The molecule has 2 aromatic heterocycles. The standard InChI is InChI=1S/C21H18N2O4S/c1-27-16-7-6-15-18(14-9-11-28-19(14)20(24)23-15)17(16)13-4-2-12(3-5-13)8-10-22-21(25)26/h2-7,9,11,22H,8,10H2,1H3,(H,23,24)(H,25,26). The summed E-state index contributed by atoms with van der Waals surface area (Å²) in [7, 11) is 1.63. The minimum atomic E-state index is -1.02. The van der Waals surface area contributed by atoms with Gasteiger partial charge >= 0.3 is 6.09 Å². The Morgan fingerprint density at radius 3 is 2.68 bits per heavy atom. The molecule has 1 amide bonds. The number of benzene rings is 2. The average Bonchev–Trinajstić information content (AvgIpc) is 3.18. The number of aromatic nitrogens is 1. The maximum absolute atomic E-state index is 12.3. The number of amides is 1. The number of rotatable bonds is 5. The van der Waals surface area contributed by atoms with Crippen LogP contribution >= 0.6 is 11.3 Å². The van der Waals surface area contributed by atoms with E-state index in [-0.39, 0.29) is 5.56 Å². The zero-order chi connectivity index (χ0) is 19.7. The number of carboxylic acid groups (broad SMARTS) is 1. The molecule has 28 heavy (non-hydrogen) atoms. The summed E-state index contributed by atoms with van der Waals surface area (Å²) in [4.78, 5) is 25.9. The molecule has 4 aromatic rings. The largest absolute Gasteiger partial charge is 0.496 e. The van der Waals surface area contributed by atoms with Crippen LogP contribution in [0.5, 0.6) is 5.75 Å². The molecular weight excluding hydrogens is 376 g/mol. The number of ether oxygens (including phenoxy) is 1. The number of carbonyl (C=O) groups is 1. The van der Waals surface area contributed by atoms with Gasteiger partial charge in [0, 0.05) is 28.4 Å². The summed E-state index contributed by atoms with van der Waals surface area (Å²) in [5.74, 6) is 0.729. The van der Waals surface area contributed by atoms with E-state index in [0.717, 1.165) is 38.7 Å². The van der Waals surface area contributed by atoms with E-state index in [1.54, 1.807) is 7.11 Å². The van der Waals surface area contributed by atoms with Crippen molar-refractivity contribution >= 4 is 38.4 Å². The minimum absolute atomic E-state index is 0.0881. The van der Waals surface area contributed by atoms with Gasteiger partial charge < -0.3 is 20.1 Å². The predicted octanol–water partition coefficient (Wildman–Crippen LogP) is 4.23. The summed E-state index contributed by atoms with van der Waals surface area (Å²) in [6.45, 7) is 0.364. The summed E-state index contributed by atoms with van der Waals surface area (Å²) in [6.07, 6.45) is -0.410. The van der Waals surface area contributed by atoms with Gasteiger partial charge in [0.1, 0.15) is 10.4 Å². The Labute approximate surface area is 164 Å². The summed E-state index contributed by atoms with van der Waals surface area (Å²) >= 11 is 1.42. The van der Waals surface area contributed by atoms with Crippen LogP contribution in [0.25, 0.3) is 32.1 Å². The number of methoxy groups -OCH3 is 1. The van der Waals surface area contributed by atoms with E-state index >= 15 is 0 Å². The smallest absolute Gasteiger partial charge is 0.404 e. The number of pyridine rings is 1. The molecule has 0 bridgehead atoms. The van der Waals surface area contributed by atoms with Crippen LogP contribution in [-0.4, -0.2) is 29.8 Å². The number of H-pyrrole nitrogens is 1. The Kier molecular flexibility index (Phi) is 4.75. The Bertz CT molecular complexity index is 1230. The molecule has 0 unspecified atom stereocenters. The number of hydrogen-bond acceptors (Lipinski definition) is 4. The number of thiophene rings is 1. The first-order valence-corrected chi connectivity index (χ1v) is 9.62. The summed E-state index contributed by atoms with van der Waals surface area (Å²) in [5, 5.41) is 14.8. The van der Waals surface area contributed by atoms with Crippen LogP contribution in [-0.2, 0) is 6.42 Å². The Morgan fingerprint density at radius 2 is 1.96 bits per heavy atom. The zero-order valence-electron chi connectivity index (χ0n) is 15.1. The lowest BCUT2D eigenvalue weighted by Gasteiger charge is -2.14. The van der Waals surface area contributed by atoms with Crippen molar-refractivity contribution in [3.8, 4) is 16.9 Å². The lowest BCUT2D eigenvalue weighted by Crippen LogP contribution is -2.23. The molecule has 0 saturated heterocycles. The van der Waals surface area contributed by atoms with Gasteiger partial charge in [0.15, 0.2) is 0 Å². The fraction of sp³-hybridized carbons (Fsp3) is 0.143. The monoisotopic (exact) mass is 394 g/mol. The topological polar surface area (TPSA) is 91.4 Å². The van der Waals surface area contributed by atoms with Crippen LogP contribution in [0.3, 0.4) is 0 Å². The second-order valence-corrected chi connectivity index (χ2v) is 7.28. The third-order valence-corrected chi connectivity index (χ3v) is 5.62. The third-order valence-electron chi connectivity index (χ3n) is 4.71. The average molecular weight is 394 g/mol. The van der Waals surface area contributed by atoms with Crippen molar-refractivity contribution in [1.29, 1.82) is 0 Å². The van der Waals surface area contributed by atoms with Crippen molar-refractivity contribution in [3.63, 3.8) is 0 Å². The predicted molar refractivity (Wildman–Crippen MR) is 112 cm³/mol. The molecule has 0 aliphatic rings. The first kappa shape index (κ1) is 18.1. The van der Waals surface area contributed by atoms with Crippen molar-refractivity contribution in [2.75, 3.05) is 13.7 Å². The molecule has 0 atom stereocenters. The van der Waals surface area contributed by atoms with Gasteiger partial charge in [-0.05, 0) is 41.1 Å². The van der Waals surface area contributed by atoms with E-state index in [4.69, 9.17) is 9.84 Å². The fourth-order valence-corrected chi connectivity index (χ4v) is 4.23. The molecule has 0 aliphatic heterocycles. The number of fused-ring (bicyclic) bond motifs is 3.